The van der Waals surface area contributed by atoms with Crippen molar-refractivity contribution in [2.75, 3.05) is 5.32 Å². The van der Waals surface area contributed by atoms with Gasteiger partial charge in [0.2, 0.25) is 0 Å². The molecule has 27 heavy (non-hydrogen) atoms. The average Bonchev–Trinajstić information content (AvgIpc) is 3.11. The summed E-state index contributed by atoms with van der Waals surface area (Å²) in [7, 11) is 0. The monoisotopic (exact) mass is 358 g/mol. The maximum atomic E-state index is 12.5. The van der Waals surface area contributed by atoms with Crippen molar-refractivity contribution in [2.24, 2.45) is 0 Å². The van der Waals surface area contributed by atoms with Crippen LogP contribution in [0, 0.1) is 6.92 Å². The highest BCUT2D eigenvalue weighted by atomic mass is 16.3. The van der Waals surface area contributed by atoms with Gasteiger partial charge in [0.15, 0.2) is 0 Å². The minimum absolute atomic E-state index is 0.00151. The molecule has 134 valence electrons. The first-order valence-corrected chi connectivity index (χ1v) is 8.55. The van der Waals surface area contributed by atoms with Crippen LogP contribution in [0.5, 0.6) is 0 Å². The number of anilines is 1. The van der Waals surface area contributed by atoms with E-state index in [-0.39, 0.29) is 12.5 Å². The first kappa shape index (κ1) is 16.9. The van der Waals surface area contributed by atoms with E-state index in [1.54, 1.807) is 18.5 Å². The molecular formula is C21H18N4O2. The molecule has 0 spiro atoms. The fraction of sp³-hybridized carbons (Fsp3) is 0.0952. The molecule has 2 N–H and O–H groups in total. The van der Waals surface area contributed by atoms with Crippen LogP contribution in [0.25, 0.3) is 16.8 Å². The molecule has 6 nitrogen and oxygen atoms in total. The van der Waals surface area contributed by atoms with Gasteiger partial charge in [-0.2, -0.15) is 0 Å². The van der Waals surface area contributed by atoms with Gasteiger partial charge in [0.25, 0.3) is 5.91 Å². The van der Waals surface area contributed by atoms with E-state index in [4.69, 9.17) is 0 Å². The van der Waals surface area contributed by atoms with Crippen LogP contribution in [0.1, 0.15) is 21.6 Å². The summed E-state index contributed by atoms with van der Waals surface area (Å²) in [5, 5.41) is 12.1. The lowest BCUT2D eigenvalue weighted by Gasteiger charge is -2.04. The van der Waals surface area contributed by atoms with Gasteiger partial charge in [0, 0.05) is 18.6 Å². The number of amides is 1. The number of aliphatic hydroxyl groups is 1. The zero-order chi connectivity index (χ0) is 18.8. The van der Waals surface area contributed by atoms with Gasteiger partial charge < -0.3 is 14.8 Å². The summed E-state index contributed by atoms with van der Waals surface area (Å²) >= 11 is 0. The van der Waals surface area contributed by atoms with Gasteiger partial charge >= 0.3 is 0 Å². The molecule has 0 atom stereocenters. The molecule has 6 heteroatoms. The lowest BCUT2D eigenvalue weighted by molar-refractivity contribution is 0.102. The normalized spacial score (nSPS) is 10.9. The highest BCUT2D eigenvalue weighted by Crippen LogP contribution is 2.22. The highest BCUT2D eigenvalue weighted by molar-refractivity contribution is 6.02. The zero-order valence-electron chi connectivity index (χ0n) is 14.8. The Labute approximate surface area is 156 Å². The van der Waals surface area contributed by atoms with Crippen molar-refractivity contribution in [2.45, 2.75) is 13.5 Å². The largest absolute Gasteiger partial charge is 0.392 e. The van der Waals surface area contributed by atoms with E-state index in [1.165, 1.54) is 0 Å². The Kier molecular flexibility index (Phi) is 4.40. The molecule has 4 rings (SSSR count). The number of nitrogens with zero attached hydrogens (tertiary/aromatic N) is 3. The van der Waals surface area contributed by atoms with Crippen LogP contribution >= 0.6 is 0 Å². The van der Waals surface area contributed by atoms with Crippen LogP contribution in [0.4, 0.5) is 5.82 Å². The highest BCUT2D eigenvalue weighted by Gasteiger charge is 2.12. The van der Waals surface area contributed by atoms with E-state index in [9.17, 15) is 9.90 Å². The van der Waals surface area contributed by atoms with Gasteiger partial charge in [0.1, 0.15) is 17.2 Å². The van der Waals surface area contributed by atoms with Crippen LogP contribution in [-0.2, 0) is 6.61 Å². The molecule has 0 bridgehead atoms. The smallest absolute Gasteiger partial charge is 0.277 e. The number of benzene rings is 1. The van der Waals surface area contributed by atoms with Gasteiger partial charge in [-0.15, -0.1) is 0 Å². The van der Waals surface area contributed by atoms with Gasteiger partial charge in [0.05, 0.1) is 6.61 Å². The molecule has 0 unspecified atom stereocenters. The maximum absolute atomic E-state index is 12.5. The molecule has 0 aliphatic heterocycles. The molecule has 3 heterocycles. The van der Waals surface area contributed by atoms with Gasteiger partial charge in [-0.05, 0) is 59.5 Å². The van der Waals surface area contributed by atoms with Gasteiger partial charge in [-0.25, -0.2) is 9.97 Å². The summed E-state index contributed by atoms with van der Waals surface area (Å²) in [5.41, 5.74) is 4.84. The van der Waals surface area contributed by atoms with Gasteiger partial charge in [-0.1, -0.05) is 18.2 Å². The number of fused-ring (bicyclic) bond motifs is 1. The second-order valence-electron chi connectivity index (χ2n) is 6.34. The predicted octanol–water partition coefficient (Wildman–Crippen LogP) is 3.45. The van der Waals surface area contributed by atoms with Crippen LogP contribution in [0.15, 0.2) is 67.1 Å². The third-order valence-electron chi connectivity index (χ3n) is 4.28. The Morgan fingerprint density at radius 1 is 1.11 bits per heavy atom. The molecule has 0 fully saturated rings. The maximum Gasteiger partial charge on any atom is 0.277 e. The van der Waals surface area contributed by atoms with Gasteiger partial charge in [-0.3, -0.25) is 4.79 Å². The van der Waals surface area contributed by atoms with Crippen molar-refractivity contribution in [1.29, 1.82) is 0 Å². The Morgan fingerprint density at radius 3 is 2.81 bits per heavy atom. The fourth-order valence-corrected chi connectivity index (χ4v) is 2.91. The van der Waals surface area contributed by atoms with Crippen LogP contribution in [0.2, 0.25) is 0 Å². The lowest BCUT2D eigenvalue weighted by atomic mass is 10.1. The second kappa shape index (κ2) is 7.01. The number of aliphatic hydroxyl groups excluding tert-OH is 1. The van der Waals surface area contributed by atoms with E-state index in [2.05, 4.69) is 15.3 Å². The first-order chi connectivity index (χ1) is 13.1. The first-order valence-electron chi connectivity index (χ1n) is 8.55. The Bertz CT molecular complexity index is 1130. The molecule has 0 saturated carbocycles. The minimum Gasteiger partial charge on any atom is -0.392 e. The third-order valence-corrected chi connectivity index (χ3v) is 4.28. The van der Waals surface area contributed by atoms with Crippen molar-refractivity contribution < 1.29 is 9.90 Å². The molecule has 1 amide bonds. The SMILES string of the molecule is Cc1ccnc(NC(=O)c2cn3cc(-c4cccc(CO)c4)ccc3n2)c1. The number of imidazole rings is 1. The van der Waals surface area contributed by atoms with E-state index in [0.29, 0.717) is 17.2 Å². The number of carbonyl (C=O) groups is 1. The number of hydrogen-bond acceptors (Lipinski definition) is 4. The molecule has 0 aliphatic rings. The number of hydrogen-bond donors (Lipinski definition) is 2. The number of pyridine rings is 2. The van der Waals surface area contributed by atoms with E-state index in [1.807, 2.05) is 60.0 Å². The zero-order valence-corrected chi connectivity index (χ0v) is 14.8. The van der Waals surface area contributed by atoms with Crippen molar-refractivity contribution in [3.8, 4) is 11.1 Å². The summed E-state index contributed by atoms with van der Waals surface area (Å²) < 4.78 is 1.82. The van der Waals surface area contributed by atoms with Crippen LogP contribution in [0.3, 0.4) is 0 Å². The standard InChI is InChI=1S/C21H18N4O2/c1-14-7-8-22-19(9-14)24-21(27)18-12-25-11-17(5-6-20(25)23-18)16-4-2-3-15(10-16)13-26/h2-12,26H,13H2,1H3,(H,22,24,27). The van der Waals surface area contributed by atoms with E-state index in [0.717, 1.165) is 22.3 Å². The van der Waals surface area contributed by atoms with Crippen molar-refractivity contribution >= 4 is 17.4 Å². The molecule has 1 aromatic carbocycles. The van der Waals surface area contributed by atoms with Crippen LogP contribution in [-0.4, -0.2) is 25.4 Å². The molecule has 0 aliphatic carbocycles. The van der Waals surface area contributed by atoms with Crippen molar-refractivity contribution in [3.63, 3.8) is 0 Å². The number of nitrogens with one attached hydrogen (secondary N) is 1. The number of aromatic nitrogens is 3. The topological polar surface area (TPSA) is 79.5 Å². The molecule has 0 radical (unpaired) electrons. The summed E-state index contributed by atoms with van der Waals surface area (Å²) in [6, 6.07) is 15.2. The fourth-order valence-electron chi connectivity index (χ4n) is 2.91. The predicted molar refractivity (Wildman–Crippen MR) is 103 cm³/mol. The summed E-state index contributed by atoms with van der Waals surface area (Å²) in [6.45, 7) is 1.94. The summed E-state index contributed by atoms with van der Waals surface area (Å²) in [4.78, 5) is 21.0. The number of aryl methyl sites for hydroxylation is 1. The molecule has 4 aromatic rings. The summed E-state index contributed by atoms with van der Waals surface area (Å²) in [5.74, 6) is 0.194. The van der Waals surface area contributed by atoms with Crippen LogP contribution < -0.4 is 5.32 Å². The number of rotatable bonds is 4. The lowest BCUT2D eigenvalue weighted by Crippen LogP contribution is -2.13. The average molecular weight is 358 g/mol. The molecule has 0 saturated heterocycles. The molecule has 3 aromatic heterocycles. The Morgan fingerprint density at radius 2 is 2.00 bits per heavy atom. The summed E-state index contributed by atoms with van der Waals surface area (Å²) in [6.07, 6.45) is 5.27. The minimum atomic E-state index is -0.305. The Hall–Kier alpha value is -3.51. The molecular weight excluding hydrogens is 340 g/mol. The second-order valence-corrected chi connectivity index (χ2v) is 6.34. The third kappa shape index (κ3) is 3.56. The Balaban J connectivity index is 1.63. The quantitative estimate of drug-likeness (QED) is 0.586. The van der Waals surface area contributed by atoms with Crippen molar-refractivity contribution in [3.05, 3.63) is 83.9 Å². The van der Waals surface area contributed by atoms with E-state index >= 15 is 0 Å². The number of carbonyl (C=O) groups excluding carboxylic acids is 1. The van der Waals surface area contributed by atoms with E-state index < -0.39 is 0 Å². The van der Waals surface area contributed by atoms with Crippen molar-refractivity contribution in [1.82, 2.24) is 14.4 Å².